The molecular weight excluding hydrogens is 295 g/mol. The summed E-state index contributed by atoms with van der Waals surface area (Å²) in [5, 5.41) is 4.62. The largest absolute Gasteiger partial charge is 0.314 e. The molecule has 1 unspecified atom stereocenters. The van der Waals surface area contributed by atoms with Crippen LogP contribution >= 0.6 is 23.2 Å². The minimum atomic E-state index is 0.00600. The van der Waals surface area contributed by atoms with Gasteiger partial charge in [-0.05, 0) is 30.7 Å². The van der Waals surface area contributed by atoms with Crippen molar-refractivity contribution < 1.29 is 0 Å². The standard InChI is InChI=1S/C15H16Cl2N2O/c1-11(13-6-5-12(16)10-14(13)17)18-7-9-19-8-3-2-4-15(19)20/h2-6,8,10-11,18H,7,9H2,1H3. The summed E-state index contributed by atoms with van der Waals surface area (Å²) < 4.78 is 1.67. The second-order valence-corrected chi connectivity index (χ2v) is 5.42. The Morgan fingerprint density at radius 3 is 2.75 bits per heavy atom. The molecule has 2 aromatic rings. The first kappa shape index (κ1) is 15.1. The van der Waals surface area contributed by atoms with Crippen LogP contribution in [0.3, 0.4) is 0 Å². The van der Waals surface area contributed by atoms with E-state index in [0.717, 1.165) is 5.56 Å². The second-order valence-electron chi connectivity index (χ2n) is 4.57. The van der Waals surface area contributed by atoms with Crippen molar-refractivity contribution in [3.63, 3.8) is 0 Å². The number of rotatable bonds is 5. The Kier molecular flexibility index (Phi) is 5.24. The van der Waals surface area contributed by atoms with Gasteiger partial charge < -0.3 is 9.88 Å². The maximum absolute atomic E-state index is 11.6. The molecule has 106 valence electrons. The average molecular weight is 311 g/mol. The fourth-order valence-corrected chi connectivity index (χ4v) is 2.58. The van der Waals surface area contributed by atoms with E-state index in [4.69, 9.17) is 23.2 Å². The molecule has 1 heterocycles. The maximum atomic E-state index is 11.6. The van der Waals surface area contributed by atoms with Crippen molar-refractivity contribution in [2.75, 3.05) is 6.54 Å². The molecular formula is C15H16Cl2N2O. The van der Waals surface area contributed by atoms with Crippen LogP contribution in [0.4, 0.5) is 0 Å². The van der Waals surface area contributed by atoms with E-state index in [1.165, 1.54) is 0 Å². The minimum absolute atomic E-state index is 0.00600. The normalized spacial score (nSPS) is 12.3. The summed E-state index contributed by atoms with van der Waals surface area (Å²) in [7, 11) is 0. The maximum Gasteiger partial charge on any atom is 0.250 e. The highest BCUT2D eigenvalue weighted by atomic mass is 35.5. The van der Waals surface area contributed by atoms with Crippen molar-refractivity contribution in [3.05, 3.63) is 68.6 Å². The van der Waals surface area contributed by atoms with Gasteiger partial charge in [-0.3, -0.25) is 4.79 Å². The van der Waals surface area contributed by atoms with Crippen LogP contribution in [0.25, 0.3) is 0 Å². The first-order valence-electron chi connectivity index (χ1n) is 6.42. The molecule has 0 saturated heterocycles. The second kappa shape index (κ2) is 6.93. The molecule has 0 aliphatic heterocycles. The molecule has 0 amide bonds. The van der Waals surface area contributed by atoms with Crippen molar-refractivity contribution in [2.24, 2.45) is 0 Å². The lowest BCUT2D eigenvalue weighted by Crippen LogP contribution is -2.27. The molecule has 0 aliphatic rings. The zero-order valence-electron chi connectivity index (χ0n) is 11.1. The number of nitrogens with one attached hydrogen (secondary N) is 1. The van der Waals surface area contributed by atoms with Crippen LogP contribution < -0.4 is 10.9 Å². The SMILES string of the molecule is CC(NCCn1ccccc1=O)c1ccc(Cl)cc1Cl. The summed E-state index contributed by atoms with van der Waals surface area (Å²) in [5.41, 5.74) is 1.00. The van der Waals surface area contributed by atoms with E-state index < -0.39 is 0 Å². The average Bonchev–Trinajstić information content (AvgIpc) is 2.40. The van der Waals surface area contributed by atoms with Gasteiger partial charge in [0.2, 0.25) is 0 Å². The predicted molar refractivity (Wildman–Crippen MR) is 83.6 cm³/mol. The van der Waals surface area contributed by atoms with Gasteiger partial charge >= 0.3 is 0 Å². The number of benzene rings is 1. The quantitative estimate of drug-likeness (QED) is 0.917. The molecule has 1 atom stereocenters. The number of pyridine rings is 1. The van der Waals surface area contributed by atoms with Crippen molar-refractivity contribution in [2.45, 2.75) is 19.5 Å². The third-order valence-corrected chi connectivity index (χ3v) is 3.69. The number of halogens is 2. The summed E-state index contributed by atoms with van der Waals surface area (Å²) in [5.74, 6) is 0. The van der Waals surface area contributed by atoms with Gasteiger partial charge in [-0.15, -0.1) is 0 Å². The molecule has 3 nitrogen and oxygen atoms in total. The van der Waals surface area contributed by atoms with Crippen LogP contribution in [0.2, 0.25) is 10.0 Å². The van der Waals surface area contributed by atoms with Gasteiger partial charge in [-0.25, -0.2) is 0 Å². The molecule has 0 aliphatic carbocycles. The molecule has 1 aromatic carbocycles. The van der Waals surface area contributed by atoms with Gasteiger partial charge in [-0.2, -0.15) is 0 Å². The Labute approximate surface area is 128 Å². The van der Waals surface area contributed by atoms with E-state index in [9.17, 15) is 4.79 Å². The van der Waals surface area contributed by atoms with E-state index in [-0.39, 0.29) is 11.6 Å². The highest BCUT2D eigenvalue weighted by molar-refractivity contribution is 6.35. The van der Waals surface area contributed by atoms with Crippen LogP contribution in [0.1, 0.15) is 18.5 Å². The third kappa shape index (κ3) is 3.85. The highest BCUT2D eigenvalue weighted by Crippen LogP contribution is 2.25. The lowest BCUT2D eigenvalue weighted by atomic mass is 10.1. The molecule has 0 saturated carbocycles. The Bertz CT molecular complexity index is 640. The summed E-state index contributed by atoms with van der Waals surface area (Å²) in [6, 6.07) is 10.7. The van der Waals surface area contributed by atoms with Crippen LogP contribution in [-0.4, -0.2) is 11.1 Å². The molecule has 0 radical (unpaired) electrons. The van der Waals surface area contributed by atoms with Crippen molar-refractivity contribution in [1.29, 1.82) is 0 Å². The molecule has 2 rings (SSSR count). The van der Waals surface area contributed by atoms with Crippen molar-refractivity contribution in [3.8, 4) is 0 Å². The first-order valence-corrected chi connectivity index (χ1v) is 7.17. The van der Waals surface area contributed by atoms with Crippen LogP contribution in [0, 0.1) is 0 Å². The smallest absolute Gasteiger partial charge is 0.250 e. The predicted octanol–water partition coefficient (Wildman–Crippen LogP) is 3.51. The van der Waals surface area contributed by atoms with E-state index in [0.29, 0.717) is 23.1 Å². The fraction of sp³-hybridized carbons (Fsp3) is 0.267. The fourth-order valence-electron chi connectivity index (χ4n) is 2.01. The molecule has 5 heteroatoms. The number of hydrogen-bond donors (Lipinski definition) is 1. The van der Waals surface area contributed by atoms with Gasteiger partial charge in [-0.1, -0.05) is 35.3 Å². The minimum Gasteiger partial charge on any atom is -0.314 e. The van der Waals surface area contributed by atoms with Crippen LogP contribution in [0.15, 0.2) is 47.4 Å². The van der Waals surface area contributed by atoms with Gasteiger partial charge in [0.1, 0.15) is 0 Å². The third-order valence-electron chi connectivity index (χ3n) is 3.13. The zero-order chi connectivity index (χ0) is 14.5. The Balaban J connectivity index is 1.94. The lowest BCUT2D eigenvalue weighted by Gasteiger charge is -2.16. The molecule has 0 bridgehead atoms. The molecule has 20 heavy (non-hydrogen) atoms. The van der Waals surface area contributed by atoms with E-state index in [1.807, 2.05) is 25.1 Å². The van der Waals surface area contributed by atoms with E-state index in [2.05, 4.69) is 5.32 Å². The monoisotopic (exact) mass is 310 g/mol. The van der Waals surface area contributed by atoms with Crippen LogP contribution in [-0.2, 0) is 6.54 Å². The van der Waals surface area contributed by atoms with E-state index >= 15 is 0 Å². The van der Waals surface area contributed by atoms with Gasteiger partial charge in [0, 0.05) is 41.4 Å². The summed E-state index contributed by atoms with van der Waals surface area (Å²) >= 11 is 12.0. The molecule has 1 N–H and O–H groups in total. The van der Waals surface area contributed by atoms with E-state index in [1.54, 1.807) is 29.0 Å². The number of nitrogens with zero attached hydrogens (tertiary/aromatic N) is 1. The summed E-state index contributed by atoms with van der Waals surface area (Å²) in [4.78, 5) is 11.6. The zero-order valence-corrected chi connectivity index (χ0v) is 12.7. The lowest BCUT2D eigenvalue weighted by molar-refractivity contribution is 0.525. The van der Waals surface area contributed by atoms with Crippen molar-refractivity contribution in [1.82, 2.24) is 9.88 Å². The molecule has 1 aromatic heterocycles. The summed E-state index contributed by atoms with van der Waals surface area (Å²) in [6.45, 7) is 3.34. The number of hydrogen-bond acceptors (Lipinski definition) is 2. The highest BCUT2D eigenvalue weighted by Gasteiger charge is 2.09. The Morgan fingerprint density at radius 1 is 1.25 bits per heavy atom. The van der Waals surface area contributed by atoms with Crippen molar-refractivity contribution >= 4 is 23.2 Å². The Hall–Kier alpha value is -1.29. The van der Waals surface area contributed by atoms with Crippen LogP contribution in [0.5, 0.6) is 0 Å². The molecule has 0 spiro atoms. The molecule has 0 fully saturated rings. The topological polar surface area (TPSA) is 34.0 Å². The first-order chi connectivity index (χ1) is 9.58. The van der Waals surface area contributed by atoms with Gasteiger partial charge in [0.15, 0.2) is 0 Å². The Morgan fingerprint density at radius 2 is 2.05 bits per heavy atom. The van der Waals surface area contributed by atoms with Gasteiger partial charge in [0.05, 0.1) is 0 Å². The number of aromatic nitrogens is 1. The summed E-state index contributed by atoms with van der Waals surface area (Å²) in [6.07, 6.45) is 1.78. The van der Waals surface area contributed by atoms with Gasteiger partial charge in [0.25, 0.3) is 5.56 Å².